The van der Waals surface area contributed by atoms with Gasteiger partial charge in [0.05, 0.1) is 5.92 Å². The largest absolute Gasteiger partial charge is 0.355 e. The van der Waals surface area contributed by atoms with E-state index in [1.54, 1.807) is 12.4 Å². The predicted molar refractivity (Wildman–Crippen MR) is 98.0 cm³/mol. The third kappa shape index (κ3) is 3.45. The van der Waals surface area contributed by atoms with Gasteiger partial charge in [-0.15, -0.1) is 0 Å². The normalized spacial score (nSPS) is 25.7. The van der Waals surface area contributed by atoms with E-state index in [9.17, 15) is 4.79 Å². The van der Waals surface area contributed by atoms with Crippen molar-refractivity contribution >= 4 is 5.91 Å². The van der Waals surface area contributed by atoms with Crippen LogP contribution in [0.3, 0.4) is 0 Å². The zero-order chi connectivity index (χ0) is 17.1. The van der Waals surface area contributed by atoms with Gasteiger partial charge in [0.1, 0.15) is 0 Å². The van der Waals surface area contributed by atoms with E-state index >= 15 is 0 Å². The van der Waals surface area contributed by atoms with Gasteiger partial charge in [0.25, 0.3) is 0 Å². The number of nitrogens with zero attached hydrogens (tertiary/aromatic N) is 2. The van der Waals surface area contributed by atoms with Gasteiger partial charge in [-0.2, -0.15) is 0 Å². The first-order valence-electron chi connectivity index (χ1n) is 9.30. The van der Waals surface area contributed by atoms with Crippen molar-refractivity contribution in [2.24, 2.45) is 5.92 Å². The molecule has 0 aliphatic carbocycles. The average molecular weight is 335 g/mol. The van der Waals surface area contributed by atoms with E-state index in [0.717, 1.165) is 25.8 Å². The molecule has 0 radical (unpaired) electrons. The number of nitrogens with one attached hydrogen (secondary N) is 1. The number of fused-ring (bicyclic) bond motifs is 1. The van der Waals surface area contributed by atoms with Gasteiger partial charge >= 0.3 is 0 Å². The molecule has 2 fully saturated rings. The Morgan fingerprint density at radius 3 is 2.76 bits per heavy atom. The number of amides is 1. The molecule has 2 aliphatic heterocycles. The Labute approximate surface area is 149 Å². The molecule has 0 bridgehead atoms. The molecule has 2 aliphatic rings. The fraction of sp³-hybridized carbons (Fsp3) is 0.429. The van der Waals surface area contributed by atoms with Gasteiger partial charge in [-0.1, -0.05) is 30.3 Å². The Kier molecular flexibility index (Phi) is 4.79. The first kappa shape index (κ1) is 16.3. The molecule has 1 amide bonds. The number of rotatable bonds is 5. The lowest BCUT2D eigenvalue weighted by atomic mass is 9.93. The first-order valence-corrected chi connectivity index (χ1v) is 9.30. The Bertz CT molecular complexity index is 704. The third-order valence-electron chi connectivity index (χ3n) is 5.67. The monoisotopic (exact) mass is 335 g/mol. The molecule has 2 aromatic rings. The Morgan fingerprint density at radius 1 is 1.16 bits per heavy atom. The van der Waals surface area contributed by atoms with E-state index in [2.05, 4.69) is 45.5 Å². The summed E-state index contributed by atoms with van der Waals surface area (Å²) in [5.74, 6) is 0.342. The summed E-state index contributed by atoms with van der Waals surface area (Å²) in [4.78, 5) is 19.4. The molecule has 0 saturated carbocycles. The predicted octanol–water partition coefficient (Wildman–Crippen LogP) is 2.97. The van der Waals surface area contributed by atoms with Crippen molar-refractivity contribution in [2.45, 2.75) is 37.8 Å². The zero-order valence-corrected chi connectivity index (χ0v) is 14.5. The number of hydrogen-bond acceptors (Lipinski definition) is 3. The lowest BCUT2D eigenvalue weighted by Gasteiger charge is -2.24. The average Bonchev–Trinajstić information content (AvgIpc) is 3.26. The summed E-state index contributed by atoms with van der Waals surface area (Å²) in [5, 5.41) is 3.17. The van der Waals surface area contributed by atoms with Crippen molar-refractivity contribution in [1.82, 2.24) is 15.2 Å². The van der Waals surface area contributed by atoms with E-state index in [1.165, 1.54) is 17.5 Å². The number of aromatic nitrogens is 1. The van der Waals surface area contributed by atoms with Crippen molar-refractivity contribution in [1.29, 1.82) is 0 Å². The van der Waals surface area contributed by atoms with Crippen LogP contribution in [-0.4, -0.2) is 34.9 Å². The SMILES string of the molecule is O=C(NCCc1ccncc1)[C@H]1C[C@@H](c2ccccc2)N2CCC[C@H]12. The summed E-state index contributed by atoms with van der Waals surface area (Å²) in [7, 11) is 0. The molecule has 1 N–H and O–H groups in total. The van der Waals surface area contributed by atoms with Gasteiger partial charge in [0, 0.05) is 31.0 Å². The highest BCUT2D eigenvalue weighted by molar-refractivity contribution is 5.80. The zero-order valence-electron chi connectivity index (χ0n) is 14.5. The van der Waals surface area contributed by atoms with E-state index in [1.807, 2.05) is 12.1 Å². The minimum absolute atomic E-state index is 0.116. The highest BCUT2D eigenvalue weighted by atomic mass is 16.2. The van der Waals surface area contributed by atoms with E-state index in [0.29, 0.717) is 18.6 Å². The Morgan fingerprint density at radius 2 is 1.96 bits per heavy atom. The maximum absolute atomic E-state index is 12.8. The summed E-state index contributed by atoms with van der Waals surface area (Å²) >= 11 is 0. The molecule has 2 saturated heterocycles. The Balaban J connectivity index is 1.39. The topological polar surface area (TPSA) is 45.2 Å². The number of carbonyl (C=O) groups excluding carboxylic acids is 1. The van der Waals surface area contributed by atoms with Crippen LogP contribution < -0.4 is 5.32 Å². The molecule has 3 atom stereocenters. The quantitative estimate of drug-likeness (QED) is 0.914. The number of benzene rings is 1. The lowest BCUT2D eigenvalue weighted by Crippen LogP contribution is -2.38. The van der Waals surface area contributed by atoms with Crippen LogP contribution in [0.5, 0.6) is 0 Å². The van der Waals surface area contributed by atoms with Crippen molar-refractivity contribution < 1.29 is 4.79 Å². The number of carbonyl (C=O) groups is 1. The van der Waals surface area contributed by atoms with Crippen LogP contribution in [0.25, 0.3) is 0 Å². The summed E-state index contributed by atoms with van der Waals surface area (Å²) in [6, 6.07) is 15.5. The molecule has 1 aromatic carbocycles. The van der Waals surface area contributed by atoms with Crippen LogP contribution >= 0.6 is 0 Å². The molecule has 0 unspecified atom stereocenters. The van der Waals surface area contributed by atoms with Gasteiger partial charge < -0.3 is 5.32 Å². The molecule has 1 aromatic heterocycles. The highest BCUT2D eigenvalue weighted by Crippen LogP contribution is 2.44. The first-order chi connectivity index (χ1) is 12.3. The molecule has 4 heteroatoms. The van der Waals surface area contributed by atoms with Gasteiger partial charge in [0.15, 0.2) is 0 Å². The second kappa shape index (κ2) is 7.36. The second-order valence-electron chi connectivity index (χ2n) is 7.11. The van der Waals surface area contributed by atoms with Gasteiger partial charge in [-0.25, -0.2) is 0 Å². The third-order valence-corrected chi connectivity index (χ3v) is 5.67. The molecule has 3 heterocycles. The Hall–Kier alpha value is -2.20. The van der Waals surface area contributed by atoms with Crippen LogP contribution in [-0.2, 0) is 11.2 Å². The van der Waals surface area contributed by atoms with Crippen LogP contribution in [0.15, 0.2) is 54.9 Å². The fourth-order valence-electron chi connectivity index (χ4n) is 4.46. The molecule has 4 rings (SSSR count). The van der Waals surface area contributed by atoms with Crippen molar-refractivity contribution in [2.75, 3.05) is 13.1 Å². The minimum Gasteiger partial charge on any atom is -0.355 e. The molecule has 0 spiro atoms. The van der Waals surface area contributed by atoms with Crippen molar-refractivity contribution in [3.05, 3.63) is 66.0 Å². The van der Waals surface area contributed by atoms with Crippen molar-refractivity contribution in [3.63, 3.8) is 0 Å². The van der Waals surface area contributed by atoms with E-state index in [-0.39, 0.29) is 11.8 Å². The summed E-state index contributed by atoms with van der Waals surface area (Å²) in [6.07, 6.45) is 7.75. The van der Waals surface area contributed by atoms with Crippen LogP contribution in [0, 0.1) is 5.92 Å². The minimum atomic E-state index is 0.116. The van der Waals surface area contributed by atoms with Gasteiger partial charge in [0.2, 0.25) is 5.91 Å². The molecule has 25 heavy (non-hydrogen) atoms. The summed E-state index contributed by atoms with van der Waals surface area (Å²) in [6.45, 7) is 1.81. The van der Waals surface area contributed by atoms with E-state index in [4.69, 9.17) is 0 Å². The molecular formula is C21H25N3O. The highest BCUT2D eigenvalue weighted by Gasteiger charge is 2.46. The molecule has 4 nitrogen and oxygen atoms in total. The van der Waals surface area contributed by atoms with Gasteiger partial charge in [-0.3, -0.25) is 14.7 Å². The van der Waals surface area contributed by atoms with Crippen molar-refractivity contribution in [3.8, 4) is 0 Å². The van der Waals surface area contributed by atoms with Crippen LogP contribution in [0.4, 0.5) is 0 Å². The van der Waals surface area contributed by atoms with Crippen LogP contribution in [0.2, 0.25) is 0 Å². The van der Waals surface area contributed by atoms with E-state index < -0.39 is 0 Å². The number of pyridine rings is 1. The van der Waals surface area contributed by atoms with Gasteiger partial charge in [-0.05, 0) is 55.5 Å². The number of hydrogen-bond donors (Lipinski definition) is 1. The lowest BCUT2D eigenvalue weighted by molar-refractivity contribution is -0.125. The maximum atomic E-state index is 12.8. The molecular weight excluding hydrogens is 310 g/mol. The maximum Gasteiger partial charge on any atom is 0.224 e. The molecule has 130 valence electrons. The van der Waals surface area contributed by atoms with Crippen LogP contribution in [0.1, 0.15) is 36.4 Å². The standard InChI is InChI=1S/C21H25N3O/c25-21(23-13-10-16-8-11-22-12-9-16)18-15-20(17-5-2-1-3-6-17)24-14-4-7-19(18)24/h1-3,5-6,8-9,11-12,18-20H,4,7,10,13-15H2,(H,23,25)/t18-,19+,20-/m0/s1. The second-order valence-corrected chi connectivity index (χ2v) is 7.11. The fourth-order valence-corrected chi connectivity index (χ4v) is 4.46. The smallest absolute Gasteiger partial charge is 0.224 e. The summed E-state index contributed by atoms with van der Waals surface area (Å²) < 4.78 is 0. The summed E-state index contributed by atoms with van der Waals surface area (Å²) in [5.41, 5.74) is 2.56.